The van der Waals surface area contributed by atoms with E-state index in [1.165, 1.54) is 62.2 Å². The predicted octanol–water partition coefficient (Wildman–Crippen LogP) is 8.48. The van der Waals surface area contributed by atoms with Crippen molar-refractivity contribution >= 4 is 29.5 Å². The lowest BCUT2D eigenvalue weighted by atomic mass is 9.86. The van der Waals surface area contributed by atoms with Crippen LogP contribution in [0.3, 0.4) is 0 Å². The van der Waals surface area contributed by atoms with Crippen molar-refractivity contribution in [2.75, 3.05) is 7.11 Å². The van der Waals surface area contributed by atoms with Crippen LogP contribution in [-0.4, -0.2) is 72.7 Å². The second kappa shape index (κ2) is 21.6. The molecule has 2 aromatic heterocycles. The zero-order valence-corrected chi connectivity index (χ0v) is 35.4. The number of hydrogen-bond acceptors (Lipinski definition) is 14. The fraction of sp³-hybridized carbons (Fsp3) is 0.395. The van der Waals surface area contributed by atoms with Crippen molar-refractivity contribution in [2.24, 2.45) is 0 Å². The van der Waals surface area contributed by atoms with Crippen LogP contribution in [0.5, 0.6) is 0 Å². The maximum atomic E-state index is 14.8. The van der Waals surface area contributed by atoms with E-state index in [0.717, 1.165) is 12.1 Å². The molecule has 0 saturated carbocycles. The third-order valence-corrected chi connectivity index (χ3v) is 9.42. The number of Topliss-reactive ketones (excluding diaryl/α,β-unsaturated/α-hetero) is 1. The van der Waals surface area contributed by atoms with Gasteiger partial charge in [-0.05, 0) is 89.6 Å². The summed E-state index contributed by atoms with van der Waals surface area (Å²) in [7, 11) is 1.26. The van der Waals surface area contributed by atoms with Gasteiger partial charge in [0.25, 0.3) is 0 Å². The number of nitrogens with zero attached hydrogens (tertiary/aromatic N) is 4. The van der Waals surface area contributed by atoms with Crippen molar-refractivity contribution in [1.29, 1.82) is 0 Å². The number of amides is 2. The Labute approximate surface area is 359 Å². The van der Waals surface area contributed by atoms with Crippen LogP contribution in [0.15, 0.2) is 67.3 Å². The Kier molecular flexibility index (Phi) is 16.9. The smallest absolute Gasteiger partial charge is 0.408 e. The van der Waals surface area contributed by atoms with Gasteiger partial charge in [-0.25, -0.2) is 47.4 Å². The van der Waals surface area contributed by atoms with Gasteiger partial charge >= 0.3 is 18.2 Å². The lowest BCUT2D eigenvalue weighted by Crippen LogP contribution is -2.38. The van der Waals surface area contributed by atoms with Crippen molar-refractivity contribution in [2.45, 2.75) is 102 Å². The number of ether oxygens (including phenoxy) is 3. The lowest BCUT2D eigenvalue weighted by Gasteiger charge is -2.28. The number of aromatic nitrogens is 4. The van der Waals surface area contributed by atoms with Gasteiger partial charge in [0.1, 0.15) is 16.9 Å². The van der Waals surface area contributed by atoms with E-state index in [9.17, 15) is 36.7 Å². The molecule has 0 aliphatic heterocycles. The number of nitrogens with one attached hydrogen (secondary N) is 2. The van der Waals surface area contributed by atoms with E-state index >= 15 is 0 Å². The molecule has 2 aliphatic rings. The third kappa shape index (κ3) is 13.3. The van der Waals surface area contributed by atoms with Gasteiger partial charge in [0, 0.05) is 49.1 Å². The van der Waals surface area contributed by atoms with Crippen molar-refractivity contribution < 1.29 is 66.5 Å². The van der Waals surface area contributed by atoms with Crippen molar-refractivity contribution in [1.82, 2.24) is 30.6 Å². The molecular formula is C43H48F4N6O10. The maximum absolute atomic E-state index is 14.8. The molecule has 4 atom stereocenters. The average Bonchev–Trinajstić information content (AvgIpc) is 3.44. The molecule has 0 fully saturated rings. The largest absolute Gasteiger partial charge is 0.466 e. The molecule has 0 bridgehead atoms. The first-order valence-electron chi connectivity index (χ1n) is 19.4. The Morgan fingerprint density at radius 3 is 1.54 bits per heavy atom. The molecule has 0 radical (unpaired) electrons. The number of rotatable bonds is 5. The highest BCUT2D eigenvalue weighted by Gasteiger charge is 2.39. The maximum Gasteiger partial charge on any atom is 0.408 e. The second-order valence-corrected chi connectivity index (χ2v) is 16.1. The van der Waals surface area contributed by atoms with Crippen molar-refractivity contribution in [3.8, 4) is 0 Å². The molecular weight excluding hydrogens is 836 g/mol. The molecule has 0 spiro atoms. The molecule has 20 heteroatoms. The van der Waals surface area contributed by atoms with Crippen LogP contribution in [0.2, 0.25) is 0 Å². The van der Waals surface area contributed by atoms with Gasteiger partial charge < -0.3 is 24.8 Å². The summed E-state index contributed by atoms with van der Waals surface area (Å²) in [5.41, 5.74) is 0.167. The van der Waals surface area contributed by atoms with Crippen LogP contribution in [0.25, 0.3) is 5.57 Å². The molecule has 16 nitrogen and oxygen atoms in total. The third-order valence-electron chi connectivity index (χ3n) is 9.42. The van der Waals surface area contributed by atoms with Gasteiger partial charge in [-0.3, -0.25) is 19.7 Å². The van der Waals surface area contributed by atoms with Crippen molar-refractivity contribution in [3.05, 3.63) is 124 Å². The molecule has 6 rings (SSSR count). The average molecular weight is 885 g/mol. The van der Waals surface area contributed by atoms with E-state index in [1.54, 1.807) is 41.5 Å². The Bertz CT molecular complexity index is 2300. The van der Waals surface area contributed by atoms with E-state index in [4.69, 9.17) is 24.7 Å². The van der Waals surface area contributed by atoms with Crippen molar-refractivity contribution in [3.63, 3.8) is 0 Å². The highest BCUT2D eigenvalue weighted by molar-refractivity contribution is 5.96. The number of methoxy groups -OCH3 is 1. The van der Waals surface area contributed by atoms with Gasteiger partial charge in [-0.1, -0.05) is 29.3 Å². The summed E-state index contributed by atoms with van der Waals surface area (Å²) in [6.07, 6.45) is 6.31. The summed E-state index contributed by atoms with van der Waals surface area (Å²) in [5.74, 6) is -6.26. The van der Waals surface area contributed by atoms with Gasteiger partial charge in [0.15, 0.2) is 29.1 Å². The van der Waals surface area contributed by atoms with E-state index < -0.39 is 76.5 Å². The minimum Gasteiger partial charge on any atom is -0.466 e. The standard InChI is InChI=1S/C23H25F2N3O4.C20H21F2N3O3.H2O3/c1-23(2,3)32-22(30)28-20-15(14-6-5-7-16(24)18(14)25)9-8-13(12-17(29)31-4)19-21(20)27-11-10-26-19;1-20(2,3)28-19(27)25-16-12(11-5-4-6-13(21)15(11)22)7-8-14(26)17-18(16)24-10-9-23-17;1-3-2/h5-7,10-12,15,20H,8-9H2,1-4H3,(H,28,30);4-6,9-10,12,16H,7-8H2,1-3H3,(H,25,27);1-2H/b13-12+;;/t15-,20-;12-,16-;/m00./s1. The quantitative estimate of drug-likeness (QED) is 0.0281. The van der Waals surface area contributed by atoms with Crippen LogP contribution >= 0.6 is 0 Å². The zero-order valence-electron chi connectivity index (χ0n) is 35.4. The molecule has 2 aromatic carbocycles. The molecule has 0 saturated heterocycles. The molecule has 2 aliphatic carbocycles. The van der Waals surface area contributed by atoms with Crippen LogP contribution < -0.4 is 10.6 Å². The van der Waals surface area contributed by atoms with Gasteiger partial charge in [-0.15, -0.1) is 0 Å². The highest BCUT2D eigenvalue weighted by atomic mass is 19.2. The monoisotopic (exact) mass is 884 g/mol. The molecule has 0 unspecified atom stereocenters. The summed E-state index contributed by atoms with van der Waals surface area (Å²) >= 11 is 0. The minimum absolute atomic E-state index is 0.0624. The van der Waals surface area contributed by atoms with E-state index in [2.05, 4.69) is 35.6 Å². The number of allylic oxidation sites excluding steroid dienone is 1. The Hall–Kier alpha value is -6.38. The van der Waals surface area contributed by atoms with Crippen LogP contribution in [0, 0.1) is 23.3 Å². The Morgan fingerprint density at radius 2 is 1.10 bits per heavy atom. The normalized spacial score (nSPS) is 18.9. The Balaban J connectivity index is 0.000000262. The van der Waals surface area contributed by atoms with E-state index in [0.29, 0.717) is 23.4 Å². The summed E-state index contributed by atoms with van der Waals surface area (Å²) < 4.78 is 72.7. The number of hydrogen-bond donors (Lipinski definition) is 4. The second-order valence-electron chi connectivity index (χ2n) is 16.1. The number of carbonyl (C=O) groups excluding carboxylic acids is 4. The fourth-order valence-corrected chi connectivity index (χ4v) is 7.00. The Morgan fingerprint density at radius 1 is 0.683 bits per heavy atom. The molecule has 2 amide bonds. The number of halogens is 4. The summed E-state index contributed by atoms with van der Waals surface area (Å²) in [6, 6.07) is 5.98. The molecule has 338 valence electrons. The summed E-state index contributed by atoms with van der Waals surface area (Å²) in [4.78, 5) is 66.5. The number of alkyl carbamates (subject to hydrolysis) is 2. The summed E-state index contributed by atoms with van der Waals surface area (Å²) in [6.45, 7) is 10.3. The van der Waals surface area contributed by atoms with Crippen LogP contribution in [0.1, 0.15) is 130 Å². The zero-order chi connectivity index (χ0) is 46.6. The molecule has 63 heavy (non-hydrogen) atoms. The van der Waals surface area contributed by atoms with Gasteiger partial charge in [0.05, 0.1) is 36.3 Å². The number of carbonyl (C=O) groups is 4. The first-order valence-corrected chi connectivity index (χ1v) is 19.4. The SMILES string of the molecule is CC(C)(C)OC(=O)N[C@@H]1c2nccnc2C(=O)CC[C@H]1c1cccc(F)c1F.COC(=O)/C=C1\CC[C@@H](c2cccc(F)c2F)[C@H](NC(=O)OC(C)(C)C)c2nccnc21.OOO. The number of benzene rings is 2. The minimum atomic E-state index is -1.01. The molecule has 4 N–H and O–H groups in total. The first kappa shape index (κ1) is 49.3. The molecule has 4 aromatic rings. The fourth-order valence-electron chi connectivity index (χ4n) is 7.00. The highest BCUT2D eigenvalue weighted by Crippen LogP contribution is 2.43. The first-order chi connectivity index (χ1) is 29.7. The summed E-state index contributed by atoms with van der Waals surface area (Å²) in [5, 5.41) is 20.9. The molecule has 2 heterocycles. The number of ketones is 1. The van der Waals surface area contributed by atoms with Crippen LogP contribution in [0.4, 0.5) is 27.2 Å². The topological polar surface area (TPSA) is 221 Å². The van der Waals surface area contributed by atoms with Gasteiger partial charge in [-0.2, -0.15) is 0 Å². The van der Waals surface area contributed by atoms with E-state index in [-0.39, 0.29) is 47.6 Å². The number of fused-ring (bicyclic) bond motifs is 2. The predicted molar refractivity (Wildman–Crippen MR) is 216 cm³/mol. The number of esters is 1. The lowest BCUT2D eigenvalue weighted by molar-refractivity contribution is -0.465. The van der Waals surface area contributed by atoms with Crippen LogP contribution in [-0.2, 0) is 24.0 Å². The van der Waals surface area contributed by atoms with Gasteiger partial charge in [0.2, 0.25) is 0 Å². The van der Waals surface area contributed by atoms with E-state index in [1.807, 2.05) is 0 Å².